The molecule has 2 unspecified atom stereocenters. The van der Waals surface area contributed by atoms with E-state index in [2.05, 4.69) is 0 Å². The first-order chi connectivity index (χ1) is 17.2. The maximum atomic E-state index is 13.9. The molecule has 0 spiro atoms. The van der Waals surface area contributed by atoms with Gasteiger partial charge in [-0.1, -0.05) is 33.3 Å². The maximum Gasteiger partial charge on any atom is 0.340 e. The van der Waals surface area contributed by atoms with Gasteiger partial charge in [-0.2, -0.15) is 0 Å². The Bertz CT molecular complexity index is 1190. The number of hydrogen-bond donors (Lipinski definition) is 2. The molecule has 0 radical (unpaired) electrons. The van der Waals surface area contributed by atoms with Crippen LogP contribution in [0.1, 0.15) is 53.4 Å². The molecule has 10 nitrogen and oxygen atoms in total. The molecule has 2 saturated carbocycles. The number of carbonyl (C=O) groups excluding carboxylic acids is 5. The second-order valence-electron chi connectivity index (χ2n) is 11.9. The van der Waals surface area contributed by atoms with Crippen molar-refractivity contribution in [3.8, 4) is 0 Å². The van der Waals surface area contributed by atoms with E-state index in [1.54, 1.807) is 20.8 Å². The number of Topliss-reactive ketones (excluding diaryl/α,β-unsaturated/α-hetero) is 2. The molecule has 5 rings (SSSR count). The number of carbonyl (C=O) groups is 5. The number of esters is 3. The highest BCUT2D eigenvalue weighted by molar-refractivity contribution is 6.11. The van der Waals surface area contributed by atoms with Gasteiger partial charge in [-0.05, 0) is 36.8 Å². The van der Waals surface area contributed by atoms with Crippen LogP contribution in [-0.4, -0.2) is 65.3 Å². The van der Waals surface area contributed by atoms with Crippen molar-refractivity contribution in [2.75, 3.05) is 7.11 Å². The van der Waals surface area contributed by atoms with E-state index in [-0.39, 0.29) is 30.0 Å². The lowest BCUT2D eigenvalue weighted by atomic mass is 9.40. The summed E-state index contributed by atoms with van der Waals surface area (Å²) in [6.45, 7) is 6.91. The Kier molecular flexibility index (Phi) is 5.63. The normalized spacial score (nSPS) is 41.3. The number of fused-ring (bicyclic) bond motifs is 5. The lowest BCUT2D eigenvalue weighted by molar-refractivity contribution is -0.185. The van der Waals surface area contributed by atoms with E-state index in [1.807, 2.05) is 6.92 Å². The van der Waals surface area contributed by atoms with Crippen molar-refractivity contribution in [3.63, 3.8) is 0 Å². The molecule has 5 aliphatic rings. The monoisotopic (exact) mass is 516 g/mol. The van der Waals surface area contributed by atoms with Gasteiger partial charge in [0.2, 0.25) is 6.29 Å². The Balaban J connectivity index is 1.68. The predicted molar refractivity (Wildman–Crippen MR) is 124 cm³/mol. The van der Waals surface area contributed by atoms with Crippen LogP contribution in [-0.2, 0) is 38.2 Å². The number of allylic oxidation sites excluding steroid dienone is 1. The molecule has 200 valence electrons. The van der Waals surface area contributed by atoms with Crippen molar-refractivity contribution in [1.82, 2.24) is 0 Å². The largest absolute Gasteiger partial charge is 0.467 e. The number of cyclic esters (lactones) is 2. The van der Waals surface area contributed by atoms with E-state index in [9.17, 15) is 34.2 Å². The van der Waals surface area contributed by atoms with Crippen molar-refractivity contribution in [2.24, 2.45) is 34.0 Å². The van der Waals surface area contributed by atoms with Crippen molar-refractivity contribution in [1.29, 1.82) is 0 Å². The molecule has 2 bridgehead atoms. The lowest BCUT2D eigenvalue weighted by Crippen LogP contribution is -2.67. The SMILES string of the molecule is COC(=O)C(O)[C@H]1C(C)(C)C(=O)[C@@H]2CC3=C4CC(=O)O[C@@H](C5=CC(O)OC5=O)[C@]4(C)CC[C@@H]3[C@@]1(C)C2=O. The van der Waals surface area contributed by atoms with Crippen LogP contribution in [0.15, 0.2) is 22.8 Å². The van der Waals surface area contributed by atoms with Gasteiger partial charge in [0, 0.05) is 22.2 Å². The van der Waals surface area contributed by atoms with Gasteiger partial charge in [-0.25, -0.2) is 9.59 Å². The molecule has 0 aromatic carbocycles. The highest BCUT2D eigenvalue weighted by Crippen LogP contribution is 2.66. The molecule has 10 heteroatoms. The summed E-state index contributed by atoms with van der Waals surface area (Å²) in [5.74, 6) is -5.35. The summed E-state index contributed by atoms with van der Waals surface area (Å²) in [4.78, 5) is 65.3. The average molecular weight is 517 g/mol. The molecule has 0 aromatic rings. The van der Waals surface area contributed by atoms with Gasteiger partial charge in [-0.15, -0.1) is 0 Å². The van der Waals surface area contributed by atoms with E-state index < -0.39 is 70.4 Å². The van der Waals surface area contributed by atoms with Crippen LogP contribution in [0.4, 0.5) is 0 Å². The number of methoxy groups -OCH3 is 1. The van der Waals surface area contributed by atoms with Gasteiger partial charge in [0.15, 0.2) is 11.9 Å². The molecule has 2 N–H and O–H groups in total. The van der Waals surface area contributed by atoms with Crippen LogP contribution in [0, 0.1) is 34.0 Å². The fourth-order valence-corrected chi connectivity index (χ4v) is 8.13. The summed E-state index contributed by atoms with van der Waals surface area (Å²) in [6.07, 6.45) is -1.93. The molecular weight excluding hydrogens is 484 g/mol. The molecule has 37 heavy (non-hydrogen) atoms. The first kappa shape index (κ1) is 25.8. The molecule has 2 heterocycles. The number of ketones is 2. The summed E-state index contributed by atoms with van der Waals surface area (Å²) in [5, 5.41) is 20.9. The van der Waals surface area contributed by atoms with Crippen molar-refractivity contribution in [3.05, 3.63) is 22.8 Å². The highest BCUT2D eigenvalue weighted by atomic mass is 16.6. The van der Waals surface area contributed by atoms with Gasteiger partial charge in [0.05, 0.1) is 25.0 Å². The van der Waals surface area contributed by atoms with E-state index in [1.165, 1.54) is 6.08 Å². The Morgan fingerprint density at radius 1 is 1.11 bits per heavy atom. The maximum absolute atomic E-state index is 13.9. The Hall–Kier alpha value is -2.85. The quantitative estimate of drug-likeness (QED) is 0.242. The van der Waals surface area contributed by atoms with Gasteiger partial charge >= 0.3 is 17.9 Å². The van der Waals surface area contributed by atoms with Crippen molar-refractivity contribution < 1.29 is 48.4 Å². The Morgan fingerprint density at radius 3 is 2.38 bits per heavy atom. The summed E-state index contributed by atoms with van der Waals surface area (Å²) >= 11 is 0. The number of rotatable bonds is 3. The zero-order valence-corrected chi connectivity index (χ0v) is 21.5. The number of aliphatic hydroxyl groups excluding tert-OH is 2. The summed E-state index contributed by atoms with van der Waals surface area (Å²) in [5.41, 5.74) is -1.72. The molecular formula is C27H32O10. The Morgan fingerprint density at radius 2 is 1.78 bits per heavy atom. The molecule has 0 aromatic heterocycles. The predicted octanol–water partition coefficient (Wildman–Crippen LogP) is 1.17. The van der Waals surface area contributed by atoms with Crippen LogP contribution in [0.5, 0.6) is 0 Å². The standard InChI is InChI=1S/C27H32O10/c1-25(2)19(18(30)24(34)35-5)27(4)14-6-7-26(3)15(11(14)8-12(20(25)31)21(27)32)10-17(29)36-22(26)13-9-16(28)37-23(13)33/h9,12,14,16,18-19,22,28,30H,6-8,10H2,1-5H3/t12-,14-,16?,18?,19-,22-,26+,27+/m0/s1. The zero-order valence-electron chi connectivity index (χ0n) is 21.5. The third-order valence-electron chi connectivity index (χ3n) is 9.80. The van der Waals surface area contributed by atoms with E-state index in [4.69, 9.17) is 14.2 Å². The van der Waals surface area contributed by atoms with Gasteiger partial charge in [-0.3, -0.25) is 14.4 Å². The minimum atomic E-state index is -1.69. The zero-order chi connectivity index (χ0) is 27.2. The van der Waals surface area contributed by atoms with Crippen LogP contribution in [0.25, 0.3) is 0 Å². The Labute approximate surface area is 214 Å². The molecule has 1 saturated heterocycles. The molecule has 8 atom stereocenters. The third kappa shape index (κ3) is 3.27. The van der Waals surface area contributed by atoms with Gasteiger partial charge < -0.3 is 24.4 Å². The third-order valence-corrected chi connectivity index (χ3v) is 9.80. The summed E-state index contributed by atoms with van der Waals surface area (Å²) in [6, 6.07) is 0. The van der Waals surface area contributed by atoms with Crippen molar-refractivity contribution >= 4 is 29.5 Å². The highest BCUT2D eigenvalue weighted by Gasteiger charge is 2.70. The second-order valence-corrected chi connectivity index (χ2v) is 11.9. The summed E-state index contributed by atoms with van der Waals surface area (Å²) < 4.78 is 15.3. The number of hydrogen-bond acceptors (Lipinski definition) is 10. The smallest absolute Gasteiger partial charge is 0.340 e. The van der Waals surface area contributed by atoms with Gasteiger partial charge in [0.25, 0.3) is 0 Å². The van der Waals surface area contributed by atoms with Crippen LogP contribution >= 0.6 is 0 Å². The van der Waals surface area contributed by atoms with Crippen LogP contribution in [0.3, 0.4) is 0 Å². The second kappa shape index (κ2) is 8.07. The van der Waals surface area contributed by atoms with E-state index in [0.29, 0.717) is 18.4 Å². The fraction of sp³-hybridized carbons (Fsp3) is 0.667. The number of ether oxygens (including phenoxy) is 3. The molecule has 0 amide bonds. The van der Waals surface area contributed by atoms with E-state index in [0.717, 1.165) is 12.7 Å². The molecule has 2 aliphatic heterocycles. The van der Waals surface area contributed by atoms with Crippen LogP contribution < -0.4 is 0 Å². The van der Waals surface area contributed by atoms with Gasteiger partial charge in [0.1, 0.15) is 11.9 Å². The van der Waals surface area contributed by atoms with Crippen LogP contribution in [0.2, 0.25) is 0 Å². The average Bonchev–Trinajstić information content (AvgIpc) is 3.16. The minimum Gasteiger partial charge on any atom is -0.467 e. The first-order valence-electron chi connectivity index (χ1n) is 12.6. The number of aliphatic hydroxyl groups is 2. The lowest BCUT2D eigenvalue weighted by Gasteiger charge is -2.61. The molecule has 3 aliphatic carbocycles. The van der Waals surface area contributed by atoms with E-state index >= 15 is 0 Å². The summed E-state index contributed by atoms with van der Waals surface area (Å²) in [7, 11) is 1.14. The van der Waals surface area contributed by atoms with Crippen molar-refractivity contribution in [2.45, 2.75) is 71.9 Å². The fourth-order valence-electron chi connectivity index (χ4n) is 8.13. The minimum absolute atomic E-state index is 0.0640. The topological polar surface area (TPSA) is 154 Å². The first-order valence-corrected chi connectivity index (χ1v) is 12.6. The molecule has 3 fully saturated rings.